The number of rotatable bonds is 3. The number of ether oxygens (including phenoxy) is 1. The van der Waals surface area contributed by atoms with Gasteiger partial charge in [0.15, 0.2) is 0 Å². The molecule has 2 saturated heterocycles. The van der Waals surface area contributed by atoms with Crippen LogP contribution in [0, 0.1) is 5.41 Å². The molecule has 0 unspecified atom stereocenters. The highest BCUT2D eigenvalue weighted by atomic mass is 35.5. The number of methoxy groups -OCH3 is 1. The van der Waals surface area contributed by atoms with Crippen LogP contribution >= 0.6 is 23.2 Å². The third kappa shape index (κ3) is 3.58. The van der Waals surface area contributed by atoms with Crippen molar-refractivity contribution in [1.82, 2.24) is 4.90 Å². The van der Waals surface area contributed by atoms with Crippen molar-refractivity contribution in [1.29, 1.82) is 0 Å². The van der Waals surface area contributed by atoms with E-state index in [1.54, 1.807) is 29.2 Å². The molecule has 2 heterocycles. The first kappa shape index (κ1) is 20.0. The Bertz CT molecular complexity index is 955. The molecule has 2 aromatic rings. The smallest absolute Gasteiger partial charge is 0.255 e. The van der Waals surface area contributed by atoms with E-state index in [1.165, 1.54) is 7.11 Å². The van der Waals surface area contributed by atoms with E-state index < -0.39 is 5.41 Å². The molecule has 0 saturated carbocycles. The molecule has 0 N–H and O–H groups in total. The molecule has 0 radical (unpaired) electrons. The van der Waals surface area contributed by atoms with E-state index in [4.69, 9.17) is 27.9 Å². The molecule has 0 aromatic heterocycles. The fourth-order valence-electron chi connectivity index (χ4n) is 4.32. The lowest BCUT2D eigenvalue weighted by molar-refractivity contribution is -0.127. The third-order valence-corrected chi connectivity index (χ3v) is 6.68. The Hall–Kier alpha value is -2.24. The summed E-state index contributed by atoms with van der Waals surface area (Å²) in [5.41, 5.74) is 0.860. The molecule has 2 fully saturated rings. The molecular weight excluding hydrogens is 411 g/mol. The first-order chi connectivity index (χ1) is 13.9. The van der Waals surface area contributed by atoms with Crippen molar-refractivity contribution >= 4 is 40.7 Å². The second kappa shape index (κ2) is 7.88. The van der Waals surface area contributed by atoms with Gasteiger partial charge in [0.05, 0.1) is 23.1 Å². The Morgan fingerprint density at radius 1 is 1.03 bits per heavy atom. The fourth-order valence-corrected chi connectivity index (χ4v) is 4.79. The van der Waals surface area contributed by atoms with E-state index in [0.717, 1.165) is 12.1 Å². The summed E-state index contributed by atoms with van der Waals surface area (Å²) >= 11 is 12.4. The Morgan fingerprint density at radius 2 is 1.72 bits per heavy atom. The van der Waals surface area contributed by atoms with Gasteiger partial charge < -0.3 is 14.5 Å². The number of halogens is 2. The van der Waals surface area contributed by atoms with E-state index in [0.29, 0.717) is 53.8 Å². The molecular formula is C22H22Cl2N2O3. The Balaban J connectivity index is 1.47. The van der Waals surface area contributed by atoms with Crippen LogP contribution in [0.2, 0.25) is 10.0 Å². The maximum atomic E-state index is 13.2. The number of nitrogens with zero attached hydrogens (tertiary/aromatic N) is 2. The second-order valence-corrected chi connectivity index (χ2v) is 8.40. The number of anilines is 1. The summed E-state index contributed by atoms with van der Waals surface area (Å²) in [5, 5.41) is 0.941. The third-order valence-electron chi connectivity index (χ3n) is 6.05. The number of likely N-dealkylation sites (tertiary alicyclic amines) is 1. The highest BCUT2D eigenvalue weighted by Gasteiger charge is 2.49. The zero-order chi connectivity index (χ0) is 20.6. The number of carbonyl (C=O) groups is 2. The van der Waals surface area contributed by atoms with Gasteiger partial charge in [0.2, 0.25) is 5.91 Å². The highest BCUT2D eigenvalue weighted by Crippen LogP contribution is 2.43. The van der Waals surface area contributed by atoms with Gasteiger partial charge in [-0.15, -0.1) is 0 Å². The minimum atomic E-state index is -0.405. The van der Waals surface area contributed by atoms with Crippen LogP contribution in [-0.4, -0.2) is 43.5 Å². The second-order valence-electron chi connectivity index (χ2n) is 7.58. The van der Waals surface area contributed by atoms with Crippen LogP contribution in [0.4, 0.5) is 5.69 Å². The minimum Gasteiger partial charge on any atom is -0.495 e. The Morgan fingerprint density at radius 3 is 2.41 bits per heavy atom. The largest absolute Gasteiger partial charge is 0.495 e. The summed E-state index contributed by atoms with van der Waals surface area (Å²) in [7, 11) is 1.53. The molecule has 2 amide bonds. The first-order valence-corrected chi connectivity index (χ1v) is 10.4. The van der Waals surface area contributed by atoms with Gasteiger partial charge in [0, 0.05) is 30.3 Å². The van der Waals surface area contributed by atoms with Crippen molar-refractivity contribution in [3.63, 3.8) is 0 Å². The lowest BCUT2D eigenvalue weighted by atomic mass is 9.77. The average Bonchev–Trinajstić information content (AvgIpc) is 3.04. The molecule has 7 heteroatoms. The number of hydrogen-bond donors (Lipinski definition) is 0. The minimum absolute atomic E-state index is 0.124. The molecule has 2 aliphatic rings. The summed E-state index contributed by atoms with van der Waals surface area (Å²) in [6.45, 7) is 1.73. The van der Waals surface area contributed by atoms with Crippen LogP contribution in [0.5, 0.6) is 5.75 Å². The van der Waals surface area contributed by atoms with Gasteiger partial charge in [-0.05, 0) is 49.6 Å². The standard InChI is InChI=1S/C22H22Cl2N2O3/c1-29-18-7-3-6-17(19(18)24)20(27)25-11-8-22(9-12-25)10-13-26(21(22)28)16-5-2-4-15(23)14-16/h2-7,14H,8-13H2,1H3. The van der Waals surface area contributed by atoms with Crippen LogP contribution in [0.3, 0.4) is 0 Å². The van der Waals surface area contributed by atoms with E-state index in [2.05, 4.69) is 0 Å². The zero-order valence-corrected chi connectivity index (χ0v) is 17.7. The lowest BCUT2D eigenvalue weighted by Gasteiger charge is -2.38. The highest BCUT2D eigenvalue weighted by molar-refractivity contribution is 6.35. The fraction of sp³-hybridized carbons (Fsp3) is 0.364. The van der Waals surface area contributed by atoms with Crippen molar-refractivity contribution in [3.05, 3.63) is 58.1 Å². The average molecular weight is 433 g/mol. The lowest BCUT2D eigenvalue weighted by Crippen LogP contribution is -2.46. The zero-order valence-electron chi connectivity index (χ0n) is 16.2. The predicted octanol–water partition coefficient (Wildman–Crippen LogP) is 4.66. The molecule has 2 aliphatic heterocycles. The van der Waals surface area contributed by atoms with Crippen molar-refractivity contribution < 1.29 is 14.3 Å². The first-order valence-electron chi connectivity index (χ1n) is 9.64. The summed E-state index contributed by atoms with van der Waals surface area (Å²) in [6.07, 6.45) is 2.09. The van der Waals surface area contributed by atoms with Gasteiger partial charge in [-0.3, -0.25) is 9.59 Å². The van der Waals surface area contributed by atoms with Gasteiger partial charge in [-0.25, -0.2) is 0 Å². The van der Waals surface area contributed by atoms with Gasteiger partial charge >= 0.3 is 0 Å². The molecule has 152 valence electrons. The molecule has 1 spiro atoms. The SMILES string of the molecule is COc1cccc(C(=O)N2CCC3(CC2)CCN(c2cccc(Cl)c2)C3=O)c1Cl. The van der Waals surface area contributed by atoms with E-state index in [1.807, 2.05) is 23.1 Å². The number of amides is 2. The quantitative estimate of drug-likeness (QED) is 0.708. The van der Waals surface area contributed by atoms with Crippen molar-refractivity contribution in [2.24, 2.45) is 5.41 Å². The van der Waals surface area contributed by atoms with Crippen LogP contribution in [-0.2, 0) is 4.79 Å². The number of carbonyl (C=O) groups excluding carboxylic acids is 2. The summed E-state index contributed by atoms with van der Waals surface area (Å²) in [5.74, 6) is 0.487. The summed E-state index contributed by atoms with van der Waals surface area (Å²) < 4.78 is 5.21. The Labute approximate surface area is 180 Å². The van der Waals surface area contributed by atoms with Crippen molar-refractivity contribution in [3.8, 4) is 5.75 Å². The number of piperidine rings is 1. The maximum absolute atomic E-state index is 13.2. The maximum Gasteiger partial charge on any atom is 0.255 e. The van der Waals surface area contributed by atoms with E-state index in [-0.39, 0.29) is 11.8 Å². The number of hydrogen-bond acceptors (Lipinski definition) is 3. The van der Waals surface area contributed by atoms with Gasteiger partial charge in [-0.1, -0.05) is 35.3 Å². The monoisotopic (exact) mass is 432 g/mol. The molecule has 2 aromatic carbocycles. The predicted molar refractivity (Wildman–Crippen MR) is 114 cm³/mol. The van der Waals surface area contributed by atoms with Gasteiger partial charge in [0.1, 0.15) is 5.75 Å². The Kier molecular flexibility index (Phi) is 5.45. The number of benzene rings is 2. The van der Waals surface area contributed by atoms with E-state index >= 15 is 0 Å². The van der Waals surface area contributed by atoms with Crippen molar-refractivity contribution in [2.75, 3.05) is 31.6 Å². The molecule has 4 rings (SSSR count). The topological polar surface area (TPSA) is 49.9 Å². The normalized spacial score (nSPS) is 18.4. The summed E-state index contributed by atoms with van der Waals surface area (Å²) in [4.78, 5) is 29.8. The van der Waals surface area contributed by atoms with Crippen LogP contribution in [0.1, 0.15) is 29.6 Å². The van der Waals surface area contributed by atoms with Crippen molar-refractivity contribution in [2.45, 2.75) is 19.3 Å². The van der Waals surface area contributed by atoms with Gasteiger partial charge in [-0.2, -0.15) is 0 Å². The van der Waals surface area contributed by atoms with Crippen LogP contribution in [0.15, 0.2) is 42.5 Å². The molecule has 5 nitrogen and oxygen atoms in total. The molecule has 0 bridgehead atoms. The van der Waals surface area contributed by atoms with Gasteiger partial charge in [0.25, 0.3) is 5.91 Å². The summed E-state index contributed by atoms with van der Waals surface area (Å²) in [6, 6.07) is 12.6. The molecule has 0 aliphatic carbocycles. The van der Waals surface area contributed by atoms with Crippen LogP contribution < -0.4 is 9.64 Å². The van der Waals surface area contributed by atoms with E-state index in [9.17, 15) is 9.59 Å². The van der Waals surface area contributed by atoms with Crippen LogP contribution in [0.25, 0.3) is 0 Å². The molecule has 29 heavy (non-hydrogen) atoms. The molecule has 0 atom stereocenters.